The van der Waals surface area contributed by atoms with Gasteiger partial charge in [0.2, 0.25) is 5.84 Å². The van der Waals surface area contributed by atoms with E-state index in [9.17, 15) is 0 Å². The average molecular weight is 332 g/mol. The molecule has 1 aliphatic carbocycles. The van der Waals surface area contributed by atoms with Crippen LogP contribution >= 0.6 is 12.2 Å². The maximum absolute atomic E-state index is 5.31. The molecule has 0 atom stereocenters. The second-order valence-corrected chi connectivity index (χ2v) is 5.58. The predicted octanol–water partition coefficient (Wildman–Crippen LogP) is 5.13. The van der Waals surface area contributed by atoms with Gasteiger partial charge in [0.1, 0.15) is 0 Å². The molecule has 2 aromatic rings. The summed E-state index contributed by atoms with van der Waals surface area (Å²) >= 11 is 5.31. The molecule has 0 saturated heterocycles. The summed E-state index contributed by atoms with van der Waals surface area (Å²) in [5, 5.41) is 13.0. The van der Waals surface area contributed by atoms with Gasteiger partial charge in [-0.05, 0) is 18.2 Å². The van der Waals surface area contributed by atoms with Gasteiger partial charge in [-0.1, -0.05) is 72.9 Å². The Hall–Kier alpha value is -2.92. The third-order valence-corrected chi connectivity index (χ3v) is 3.70. The molecule has 0 radical (unpaired) electrons. The summed E-state index contributed by atoms with van der Waals surface area (Å²) in [6.07, 6.45) is 6.53. The SMILES string of the molecule is S=C1CC=CC=C1N=NC(=NNc1ccccc1)c1ccccc1. The molecular formula is C19H16N4S. The molecule has 5 heteroatoms. The van der Waals surface area contributed by atoms with Crippen LogP contribution in [0.5, 0.6) is 0 Å². The molecule has 118 valence electrons. The lowest BCUT2D eigenvalue weighted by Gasteiger charge is -2.05. The second kappa shape index (κ2) is 8.08. The van der Waals surface area contributed by atoms with Crippen LogP contribution in [0, 0.1) is 0 Å². The van der Waals surface area contributed by atoms with Crippen LogP contribution < -0.4 is 5.43 Å². The first kappa shape index (κ1) is 16.0. The van der Waals surface area contributed by atoms with E-state index in [-0.39, 0.29) is 0 Å². The van der Waals surface area contributed by atoms with E-state index in [0.717, 1.165) is 22.5 Å². The zero-order valence-corrected chi connectivity index (χ0v) is 13.8. The molecular weight excluding hydrogens is 316 g/mol. The van der Waals surface area contributed by atoms with Crippen LogP contribution in [0.2, 0.25) is 0 Å². The van der Waals surface area contributed by atoms with Crippen LogP contribution in [0.1, 0.15) is 12.0 Å². The van der Waals surface area contributed by atoms with E-state index in [4.69, 9.17) is 12.2 Å². The zero-order chi connectivity index (χ0) is 16.6. The second-order valence-electron chi connectivity index (χ2n) is 5.09. The Bertz CT molecular complexity index is 821. The topological polar surface area (TPSA) is 49.1 Å². The number of rotatable bonds is 4. The smallest absolute Gasteiger partial charge is 0.201 e. The lowest BCUT2D eigenvalue weighted by Crippen LogP contribution is -2.03. The highest BCUT2D eigenvalue weighted by atomic mass is 32.1. The van der Waals surface area contributed by atoms with Crippen LogP contribution in [-0.2, 0) is 0 Å². The molecule has 0 unspecified atom stereocenters. The monoisotopic (exact) mass is 332 g/mol. The van der Waals surface area contributed by atoms with Crippen LogP contribution in [0.25, 0.3) is 0 Å². The highest BCUT2D eigenvalue weighted by molar-refractivity contribution is 7.80. The molecule has 1 aliphatic rings. The normalized spacial score (nSPS) is 14.8. The number of allylic oxidation sites excluding steroid dienone is 4. The number of hydrogen-bond acceptors (Lipinski definition) is 4. The number of hydrogen-bond donors (Lipinski definition) is 1. The van der Waals surface area contributed by atoms with Crippen LogP contribution in [0.4, 0.5) is 5.69 Å². The van der Waals surface area contributed by atoms with Gasteiger partial charge in [-0.25, -0.2) is 0 Å². The van der Waals surface area contributed by atoms with E-state index in [1.807, 2.05) is 78.9 Å². The van der Waals surface area contributed by atoms with Crippen molar-refractivity contribution in [1.82, 2.24) is 0 Å². The quantitative estimate of drug-likeness (QED) is 0.277. The Balaban J connectivity index is 1.86. The number of benzene rings is 2. The first-order valence-electron chi connectivity index (χ1n) is 7.59. The minimum atomic E-state index is 0.498. The number of para-hydroxylation sites is 1. The third-order valence-electron chi connectivity index (χ3n) is 3.33. The van der Waals surface area contributed by atoms with Gasteiger partial charge >= 0.3 is 0 Å². The Kier molecular flexibility index (Phi) is 5.37. The molecule has 0 bridgehead atoms. The Morgan fingerprint density at radius 1 is 0.958 bits per heavy atom. The van der Waals surface area contributed by atoms with Gasteiger partial charge in [0.25, 0.3) is 0 Å². The average Bonchev–Trinajstić information content (AvgIpc) is 2.65. The molecule has 2 aromatic carbocycles. The van der Waals surface area contributed by atoms with E-state index in [1.165, 1.54) is 0 Å². The number of azo groups is 1. The van der Waals surface area contributed by atoms with Crippen molar-refractivity contribution in [2.24, 2.45) is 15.3 Å². The fraction of sp³-hybridized carbons (Fsp3) is 0.0526. The highest BCUT2D eigenvalue weighted by Crippen LogP contribution is 2.13. The van der Waals surface area contributed by atoms with Crippen molar-refractivity contribution < 1.29 is 0 Å². The van der Waals surface area contributed by atoms with E-state index in [0.29, 0.717) is 11.5 Å². The van der Waals surface area contributed by atoms with E-state index in [2.05, 4.69) is 20.8 Å². The molecule has 0 fully saturated rings. The van der Waals surface area contributed by atoms with Crippen molar-refractivity contribution in [3.05, 3.63) is 90.2 Å². The highest BCUT2D eigenvalue weighted by Gasteiger charge is 2.07. The summed E-state index contributed by atoms with van der Waals surface area (Å²) < 4.78 is 0. The van der Waals surface area contributed by atoms with Gasteiger partial charge in [-0.15, -0.1) is 10.2 Å². The molecule has 4 nitrogen and oxygen atoms in total. The summed E-state index contributed by atoms with van der Waals surface area (Å²) in [4.78, 5) is 0.782. The summed E-state index contributed by atoms with van der Waals surface area (Å²) in [5.41, 5.74) is 5.48. The van der Waals surface area contributed by atoms with Gasteiger partial charge < -0.3 is 0 Å². The molecule has 0 spiro atoms. The third kappa shape index (κ3) is 4.30. The largest absolute Gasteiger partial charge is 0.276 e. The van der Waals surface area contributed by atoms with Crippen molar-refractivity contribution in [1.29, 1.82) is 0 Å². The minimum Gasteiger partial charge on any atom is -0.276 e. The van der Waals surface area contributed by atoms with Crippen molar-refractivity contribution in [2.45, 2.75) is 6.42 Å². The molecule has 0 amide bonds. The Morgan fingerprint density at radius 3 is 2.38 bits per heavy atom. The van der Waals surface area contributed by atoms with Crippen molar-refractivity contribution >= 4 is 28.6 Å². The Morgan fingerprint density at radius 2 is 1.67 bits per heavy atom. The molecule has 0 aliphatic heterocycles. The number of thiocarbonyl (C=S) groups is 1. The lowest BCUT2D eigenvalue weighted by molar-refractivity contribution is 1.18. The summed E-state index contributed by atoms with van der Waals surface area (Å²) in [6.45, 7) is 0. The van der Waals surface area contributed by atoms with E-state index < -0.39 is 0 Å². The maximum atomic E-state index is 5.31. The number of anilines is 1. The van der Waals surface area contributed by atoms with Crippen molar-refractivity contribution in [3.63, 3.8) is 0 Å². The van der Waals surface area contributed by atoms with Crippen LogP contribution in [0.3, 0.4) is 0 Å². The fourth-order valence-electron chi connectivity index (χ4n) is 2.08. The summed E-state index contributed by atoms with van der Waals surface area (Å²) in [5.74, 6) is 0.498. The molecule has 0 aromatic heterocycles. The van der Waals surface area contributed by atoms with Gasteiger partial charge in [-0.2, -0.15) is 5.10 Å². The van der Waals surface area contributed by atoms with Gasteiger partial charge in [-0.3, -0.25) is 5.43 Å². The van der Waals surface area contributed by atoms with Crippen molar-refractivity contribution in [3.8, 4) is 0 Å². The fourth-order valence-corrected chi connectivity index (χ4v) is 2.29. The number of nitrogens with zero attached hydrogens (tertiary/aromatic N) is 3. The first-order valence-corrected chi connectivity index (χ1v) is 8.00. The minimum absolute atomic E-state index is 0.498. The summed E-state index contributed by atoms with van der Waals surface area (Å²) in [7, 11) is 0. The summed E-state index contributed by atoms with van der Waals surface area (Å²) in [6, 6.07) is 19.4. The van der Waals surface area contributed by atoms with E-state index in [1.54, 1.807) is 0 Å². The van der Waals surface area contributed by atoms with Gasteiger partial charge in [0, 0.05) is 16.8 Å². The molecule has 1 N–H and O–H groups in total. The maximum Gasteiger partial charge on any atom is 0.201 e. The lowest BCUT2D eigenvalue weighted by atomic mass is 10.1. The molecule has 0 heterocycles. The van der Waals surface area contributed by atoms with Gasteiger partial charge in [0.15, 0.2) is 0 Å². The zero-order valence-electron chi connectivity index (χ0n) is 13.0. The van der Waals surface area contributed by atoms with Crippen LogP contribution in [-0.4, -0.2) is 10.7 Å². The number of amidine groups is 1. The van der Waals surface area contributed by atoms with E-state index >= 15 is 0 Å². The first-order chi connectivity index (χ1) is 11.8. The van der Waals surface area contributed by atoms with Gasteiger partial charge in [0.05, 0.1) is 11.4 Å². The van der Waals surface area contributed by atoms with Crippen molar-refractivity contribution in [2.75, 3.05) is 5.43 Å². The molecule has 0 saturated carbocycles. The number of nitrogens with one attached hydrogen (secondary N) is 1. The molecule has 3 rings (SSSR count). The standard InChI is InChI=1S/C19H16N4S/c24-18-14-8-7-13-17(18)21-23-19(15-9-3-1-4-10-15)22-20-16-11-5-2-6-12-16/h1-13,20H,14H2. The Labute approximate surface area is 146 Å². The van der Waals surface area contributed by atoms with Crippen LogP contribution in [0.15, 0.2) is 99.9 Å². The molecule has 24 heavy (non-hydrogen) atoms. The number of hydrazone groups is 1. The predicted molar refractivity (Wildman–Crippen MR) is 102 cm³/mol.